The molecule has 0 aliphatic rings. The molecule has 132 valence electrons. The van der Waals surface area contributed by atoms with E-state index in [1.165, 1.54) is 12.5 Å². The lowest BCUT2D eigenvalue weighted by Gasteiger charge is -2.08. The van der Waals surface area contributed by atoms with Crippen LogP contribution in [0.2, 0.25) is 0 Å². The lowest BCUT2D eigenvalue weighted by Crippen LogP contribution is -2.17. The molecule has 0 saturated heterocycles. The fourth-order valence-electron chi connectivity index (χ4n) is 2.20. The number of anilines is 2. The van der Waals surface area contributed by atoms with Gasteiger partial charge in [-0.3, -0.25) is 10.1 Å². The summed E-state index contributed by atoms with van der Waals surface area (Å²) in [5.74, 6) is -0.403. The standard InChI is InChI=1S/C19H22N2O4/c1-14(22)24-11-12-25-19(23)21-18-9-5-16(6-10-18)13-15-3-7-17(20-2)8-4-15/h3-10,20H,11-13H2,1-2H3,(H,21,23). The zero-order valence-corrected chi connectivity index (χ0v) is 14.4. The highest BCUT2D eigenvalue weighted by atomic mass is 16.6. The Morgan fingerprint density at radius 1 is 0.840 bits per heavy atom. The minimum atomic E-state index is -0.581. The third-order valence-corrected chi connectivity index (χ3v) is 3.47. The van der Waals surface area contributed by atoms with Gasteiger partial charge in [-0.05, 0) is 41.8 Å². The molecule has 0 atom stereocenters. The average Bonchev–Trinajstić information content (AvgIpc) is 2.61. The summed E-state index contributed by atoms with van der Waals surface area (Å²) in [6.45, 7) is 1.37. The lowest BCUT2D eigenvalue weighted by atomic mass is 10.0. The summed E-state index contributed by atoms with van der Waals surface area (Å²) in [5, 5.41) is 5.72. The van der Waals surface area contributed by atoms with Crippen molar-refractivity contribution in [2.75, 3.05) is 30.9 Å². The summed E-state index contributed by atoms with van der Waals surface area (Å²) >= 11 is 0. The van der Waals surface area contributed by atoms with Gasteiger partial charge in [0.15, 0.2) is 0 Å². The number of nitrogens with one attached hydrogen (secondary N) is 2. The lowest BCUT2D eigenvalue weighted by molar-refractivity contribution is -0.141. The second-order valence-electron chi connectivity index (χ2n) is 5.42. The van der Waals surface area contributed by atoms with Gasteiger partial charge in [0.1, 0.15) is 13.2 Å². The zero-order chi connectivity index (χ0) is 18.1. The topological polar surface area (TPSA) is 76.7 Å². The van der Waals surface area contributed by atoms with Gasteiger partial charge in [0.2, 0.25) is 0 Å². The molecular formula is C19H22N2O4. The number of carbonyl (C=O) groups excluding carboxylic acids is 2. The molecule has 6 heteroatoms. The van der Waals surface area contributed by atoms with E-state index in [1.807, 2.05) is 43.4 Å². The van der Waals surface area contributed by atoms with Crippen LogP contribution in [0.15, 0.2) is 48.5 Å². The van der Waals surface area contributed by atoms with Crippen LogP contribution < -0.4 is 10.6 Å². The number of hydrogen-bond donors (Lipinski definition) is 2. The molecule has 0 aliphatic carbocycles. The number of ether oxygens (including phenoxy) is 2. The fourth-order valence-corrected chi connectivity index (χ4v) is 2.20. The third-order valence-electron chi connectivity index (χ3n) is 3.47. The summed E-state index contributed by atoms with van der Waals surface area (Å²) < 4.78 is 9.59. The molecule has 6 nitrogen and oxygen atoms in total. The molecule has 0 radical (unpaired) electrons. The van der Waals surface area contributed by atoms with Crippen LogP contribution in [-0.4, -0.2) is 32.3 Å². The second kappa shape index (κ2) is 9.32. The van der Waals surface area contributed by atoms with Gasteiger partial charge >= 0.3 is 12.1 Å². The van der Waals surface area contributed by atoms with Gasteiger partial charge in [0.25, 0.3) is 0 Å². The number of rotatable bonds is 7. The van der Waals surface area contributed by atoms with Crippen molar-refractivity contribution in [2.45, 2.75) is 13.3 Å². The third kappa shape index (κ3) is 6.55. The van der Waals surface area contributed by atoms with E-state index in [1.54, 1.807) is 0 Å². The Morgan fingerprint density at radius 2 is 1.36 bits per heavy atom. The first-order valence-electron chi connectivity index (χ1n) is 7.99. The van der Waals surface area contributed by atoms with Crippen LogP contribution in [0.5, 0.6) is 0 Å². The molecule has 0 aliphatic heterocycles. The predicted octanol–water partition coefficient (Wildman–Crippen LogP) is 3.43. The maximum Gasteiger partial charge on any atom is 0.411 e. The molecule has 25 heavy (non-hydrogen) atoms. The minimum Gasteiger partial charge on any atom is -0.462 e. The molecule has 0 heterocycles. The Bertz CT molecular complexity index is 696. The fraction of sp³-hybridized carbons (Fsp3) is 0.263. The molecule has 0 spiro atoms. The van der Waals surface area contributed by atoms with Crippen LogP contribution in [0.1, 0.15) is 18.1 Å². The van der Waals surface area contributed by atoms with Gasteiger partial charge in [0, 0.05) is 25.3 Å². The monoisotopic (exact) mass is 342 g/mol. The van der Waals surface area contributed by atoms with Gasteiger partial charge in [-0.15, -0.1) is 0 Å². The molecule has 0 saturated carbocycles. The number of hydrogen-bond acceptors (Lipinski definition) is 5. The molecule has 0 fully saturated rings. The first-order valence-corrected chi connectivity index (χ1v) is 7.99. The van der Waals surface area contributed by atoms with Crippen LogP contribution in [0.25, 0.3) is 0 Å². The van der Waals surface area contributed by atoms with Crippen LogP contribution in [0.4, 0.5) is 16.2 Å². The molecule has 2 aromatic carbocycles. The highest BCUT2D eigenvalue weighted by Gasteiger charge is 2.04. The average molecular weight is 342 g/mol. The summed E-state index contributed by atoms with van der Waals surface area (Å²) in [4.78, 5) is 22.2. The molecule has 0 unspecified atom stereocenters. The number of benzene rings is 2. The molecule has 0 bridgehead atoms. The highest BCUT2D eigenvalue weighted by Crippen LogP contribution is 2.15. The molecule has 2 rings (SSSR count). The Kier molecular flexibility index (Phi) is 6.83. The summed E-state index contributed by atoms with van der Waals surface area (Å²) in [6, 6.07) is 15.8. The van der Waals surface area contributed by atoms with E-state index in [9.17, 15) is 9.59 Å². The van der Waals surface area contributed by atoms with Crippen molar-refractivity contribution in [1.29, 1.82) is 0 Å². The van der Waals surface area contributed by atoms with E-state index in [0.717, 1.165) is 17.7 Å². The van der Waals surface area contributed by atoms with Gasteiger partial charge < -0.3 is 14.8 Å². The van der Waals surface area contributed by atoms with Crippen molar-refractivity contribution in [3.8, 4) is 0 Å². The largest absolute Gasteiger partial charge is 0.462 e. The second-order valence-corrected chi connectivity index (χ2v) is 5.42. The highest BCUT2D eigenvalue weighted by molar-refractivity contribution is 5.84. The quantitative estimate of drug-likeness (QED) is 0.595. The van der Waals surface area contributed by atoms with E-state index < -0.39 is 12.1 Å². The predicted molar refractivity (Wildman–Crippen MR) is 96.8 cm³/mol. The van der Waals surface area contributed by atoms with Crippen LogP contribution in [-0.2, 0) is 20.7 Å². The smallest absolute Gasteiger partial charge is 0.411 e. The number of carbonyl (C=O) groups is 2. The van der Waals surface area contributed by atoms with Crippen LogP contribution >= 0.6 is 0 Å². The van der Waals surface area contributed by atoms with Gasteiger partial charge in [-0.1, -0.05) is 24.3 Å². The van der Waals surface area contributed by atoms with Gasteiger partial charge in [0.05, 0.1) is 0 Å². The SMILES string of the molecule is CNc1ccc(Cc2ccc(NC(=O)OCCOC(C)=O)cc2)cc1. The molecule has 2 N–H and O–H groups in total. The Morgan fingerprint density at radius 3 is 1.88 bits per heavy atom. The van der Waals surface area contributed by atoms with Crippen molar-refractivity contribution < 1.29 is 19.1 Å². The van der Waals surface area contributed by atoms with E-state index in [4.69, 9.17) is 4.74 Å². The Labute approximate surface area is 147 Å². The van der Waals surface area contributed by atoms with E-state index >= 15 is 0 Å². The van der Waals surface area contributed by atoms with Crippen LogP contribution in [0.3, 0.4) is 0 Å². The summed E-state index contributed by atoms with van der Waals surface area (Å²) in [6.07, 6.45) is 0.236. The van der Waals surface area contributed by atoms with Crippen molar-refractivity contribution in [2.24, 2.45) is 0 Å². The van der Waals surface area contributed by atoms with Gasteiger partial charge in [-0.2, -0.15) is 0 Å². The number of amides is 1. The van der Waals surface area contributed by atoms with Gasteiger partial charge in [-0.25, -0.2) is 4.79 Å². The van der Waals surface area contributed by atoms with E-state index in [0.29, 0.717) is 5.69 Å². The zero-order valence-electron chi connectivity index (χ0n) is 14.4. The first-order chi connectivity index (χ1) is 12.1. The molecular weight excluding hydrogens is 320 g/mol. The maximum atomic E-state index is 11.6. The molecule has 0 aromatic heterocycles. The van der Waals surface area contributed by atoms with E-state index in [2.05, 4.69) is 27.5 Å². The van der Waals surface area contributed by atoms with Crippen LogP contribution in [0, 0.1) is 0 Å². The normalized spacial score (nSPS) is 10.0. The van der Waals surface area contributed by atoms with Crippen molar-refractivity contribution in [3.05, 3.63) is 59.7 Å². The summed E-state index contributed by atoms with van der Waals surface area (Å²) in [5.41, 5.74) is 4.08. The van der Waals surface area contributed by atoms with Crippen molar-refractivity contribution in [1.82, 2.24) is 0 Å². The number of esters is 1. The molecule has 1 amide bonds. The maximum absolute atomic E-state index is 11.6. The first kappa shape index (κ1) is 18.3. The molecule has 2 aromatic rings. The van der Waals surface area contributed by atoms with Crippen molar-refractivity contribution >= 4 is 23.4 Å². The Balaban J connectivity index is 1.80. The Hall–Kier alpha value is -3.02. The van der Waals surface area contributed by atoms with E-state index in [-0.39, 0.29) is 13.2 Å². The minimum absolute atomic E-state index is 0.0199. The van der Waals surface area contributed by atoms with Crippen molar-refractivity contribution in [3.63, 3.8) is 0 Å². The summed E-state index contributed by atoms with van der Waals surface area (Å²) in [7, 11) is 1.89.